The summed E-state index contributed by atoms with van der Waals surface area (Å²) in [7, 11) is 0. The summed E-state index contributed by atoms with van der Waals surface area (Å²) in [6.07, 6.45) is 4.92. The summed E-state index contributed by atoms with van der Waals surface area (Å²) in [5.74, 6) is 0. The van der Waals surface area contributed by atoms with Gasteiger partial charge in [-0.2, -0.15) is 0 Å². The first kappa shape index (κ1) is 10.1. The van der Waals surface area contributed by atoms with Crippen LogP contribution in [0, 0.1) is 6.92 Å². The zero-order chi connectivity index (χ0) is 6.12. The Bertz CT molecular complexity index is 43.3. The van der Waals surface area contributed by atoms with Crippen LogP contribution in [0.5, 0.6) is 0 Å². The fraction of sp³-hybridized carbons (Fsp3) is 0.400. The average Bonchev–Trinajstić information content (AvgIpc) is 1.75. The third-order valence-electron chi connectivity index (χ3n) is 0.402. The maximum absolute atomic E-state index is 8.19. The molecule has 0 fully saturated rings. The number of hydrogen-bond donors (Lipinski definition) is 0. The molecule has 0 heterocycles. The van der Waals surface area contributed by atoms with Gasteiger partial charge in [-0.3, -0.25) is 0 Å². The van der Waals surface area contributed by atoms with Crippen molar-refractivity contribution in [3.63, 3.8) is 0 Å². The third-order valence-corrected chi connectivity index (χ3v) is 0.402. The molecular weight excluding hydrogens is 127 g/mol. The van der Waals surface area contributed by atoms with Gasteiger partial charge in [-0.25, -0.2) is 19.1 Å². The standard InChI is InChI=1S/C5H9.O.V/c1-3-5-4-2;;/h3,5H,1,4H2,2H3;;/q-1;;. The van der Waals surface area contributed by atoms with Gasteiger partial charge in [0.15, 0.2) is 0 Å². The third kappa shape index (κ3) is 24.0. The minimum absolute atomic E-state index is 1.06. The van der Waals surface area contributed by atoms with Gasteiger partial charge >= 0.3 is 21.0 Å². The molecule has 0 aromatic heterocycles. The summed E-state index contributed by atoms with van der Waals surface area (Å²) >= 11 is 1.06. The predicted molar refractivity (Wildman–Crippen MR) is 25.5 cm³/mol. The molecule has 0 atom stereocenters. The molecule has 0 amide bonds. The van der Waals surface area contributed by atoms with Crippen molar-refractivity contribution in [2.45, 2.75) is 13.3 Å². The molecular formula is C5H9OV-. The van der Waals surface area contributed by atoms with E-state index in [1.165, 1.54) is 0 Å². The Hall–Kier alpha value is -0.00558. The van der Waals surface area contributed by atoms with Crippen molar-refractivity contribution in [3.05, 3.63) is 19.1 Å². The number of rotatable bonds is 1. The average molecular weight is 136 g/mol. The molecule has 0 aliphatic heterocycles. The molecule has 1 nitrogen and oxygen atoms in total. The van der Waals surface area contributed by atoms with Crippen LogP contribution >= 0.6 is 0 Å². The van der Waals surface area contributed by atoms with Gasteiger partial charge in [0.05, 0.1) is 0 Å². The van der Waals surface area contributed by atoms with Gasteiger partial charge in [0.1, 0.15) is 0 Å². The fourth-order valence-electron chi connectivity index (χ4n) is 0.167. The summed E-state index contributed by atoms with van der Waals surface area (Å²) in [6, 6.07) is 0. The Balaban J connectivity index is 0. The van der Waals surface area contributed by atoms with E-state index in [1.54, 1.807) is 6.08 Å². The molecule has 2 heteroatoms. The van der Waals surface area contributed by atoms with E-state index < -0.39 is 0 Å². The predicted octanol–water partition coefficient (Wildman–Crippen LogP) is 1.67. The van der Waals surface area contributed by atoms with E-state index in [-0.39, 0.29) is 0 Å². The SMILES string of the molecule is [CH2-]C=CCC.[O]=[V]. The molecule has 0 bridgehead atoms. The molecule has 0 saturated heterocycles. The second-order valence-corrected chi connectivity index (χ2v) is 0.880. The molecule has 7 heavy (non-hydrogen) atoms. The number of allylic oxidation sites excluding steroid dienone is 2. The first-order chi connectivity index (χ1) is 3.41. The molecule has 0 aliphatic carbocycles. The van der Waals surface area contributed by atoms with Crippen molar-refractivity contribution < 1.29 is 21.0 Å². The Morgan fingerprint density at radius 1 is 1.71 bits per heavy atom. The van der Waals surface area contributed by atoms with Crippen LogP contribution in [-0.2, 0) is 21.0 Å². The molecule has 41 valence electrons. The zero-order valence-corrected chi connectivity index (χ0v) is 5.82. The van der Waals surface area contributed by atoms with Crippen molar-refractivity contribution in [2.75, 3.05) is 0 Å². The van der Waals surface area contributed by atoms with E-state index in [4.69, 9.17) is 3.67 Å². The van der Waals surface area contributed by atoms with Gasteiger partial charge in [0.2, 0.25) is 0 Å². The molecule has 0 aliphatic rings. The van der Waals surface area contributed by atoms with E-state index in [0.29, 0.717) is 0 Å². The van der Waals surface area contributed by atoms with Gasteiger partial charge in [-0.15, -0.1) is 6.42 Å². The van der Waals surface area contributed by atoms with Crippen LogP contribution in [-0.4, -0.2) is 0 Å². The molecule has 0 unspecified atom stereocenters. The molecule has 0 saturated carbocycles. The van der Waals surface area contributed by atoms with E-state index in [0.717, 1.165) is 23.8 Å². The molecule has 0 rings (SSSR count). The quantitative estimate of drug-likeness (QED) is 0.501. The minimum atomic E-state index is 1.06. The van der Waals surface area contributed by atoms with Crippen molar-refractivity contribution >= 4 is 0 Å². The van der Waals surface area contributed by atoms with Crippen molar-refractivity contribution in [1.29, 1.82) is 0 Å². The van der Waals surface area contributed by atoms with Crippen LogP contribution in [0.4, 0.5) is 0 Å². The zero-order valence-electron chi connectivity index (χ0n) is 4.42. The molecule has 0 radical (unpaired) electrons. The summed E-state index contributed by atoms with van der Waals surface area (Å²) in [4.78, 5) is 0. The van der Waals surface area contributed by atoms with Gasteiger partial charge in [0, 0.05) is 0 Å². The Kier molecular flexibility index (Phi) is 24.0. The van der Waals surface area contributed by atoms with E-state index in [1.807, 2.05) is 6.08 Å². The first-order valence-electron chi connectivity index (χ1n) is 2.04. The summed E-state index contributed by atoms with van der Waals surface area (Å²) in [5, 5.41) is 0. The number of hydrogen-bond acceptors (Lipinski definition) is 1. The van der Waals surface area contributed by atoms with Gasteiger partial charge in [0.25, 0.3) is 0 Å². The van der Waals surface area contributed by atoms with Crippen LogP contribution in [0.1, 0.15) is 13.3 Å². The fourth-order valence-corrected chi connectivity index (χ4v) is 0.167. The summed E-state index contributed by atoms with van der Waals surface area (Å²) in [6.45, 7) is 5.58. The molecule has 0 N–H and O–H groups in total. The van der Waals surface area contributed by atoms with E-state index >= 15 is 0 Å². The van der Waals surface area contributed by atoms with Crippen molar-refractivity contribution in [3.8, 4) is 0 Å². The van der Waals surface area contributed by atoms with Crippen LogP contribution in [0.3, 0.4) is 0 Å². The van der Waals surface area contributed by atoms with Crippen molar-refractivity contribution in [1.82, 2.24) is 0 Å². The van der Waals surface area contributed by atoms with E-state index in [2.05, 4.69) is 13.8 Å². The van der Waals surface area contributed by atoms with E-state index in [9.17, 15) is 0 Å². The molecule has 0 aromatic rings. The monoisotopic (exact) mass is 136 g/mol. The van der Waals surface area contributed by atoms with Crippen LogP contribution < -0.4 is 0 Å². The topological polar surface area (TPSA) is 17.1 Å². The maximum atomic E-state index is 8.19. The molecule has 0 aromatic carbocycles. The van der Waals surface area contributed by atoms with Crippen LogP contribution in [0.2, 0.25) is 0 Å². The van der Waals surface area contributed by atoms with Gasteiger partial charge in [-0.05, 0) is 0 Å². The van der Waals surface area contributed by atoms with Gasteiger partial charge in [-0.1, -0.05) is 6.92 Å². The second kappa shape index (κ2) is 16.7. The van der Waals surface area contributed by atoms with Crippen molar-refractivity contribution in [2.24, 2.45) is 0 Å². The molecule has 0 spiro atoms. The Labute approximate surface area is 54.0 Å². The van der Waals surface area contributed by atoms with Crippen LogP contribution in [0.15, 0.2) is 12.2 Å². The summed E-state index contributed by atoms with van der Waals surface area (Å²) in [5.41, 5.74) is 0. The summed E-state index contributed by atoms with van der Waals surface area (Å²) < 4.78 is 8.19. The van der Waals surface area contributed by atoms with Gasteiger partial charge < -0.3 is 0 Å². The normalized spacial score (nSPS) is 7.43. The van der Waals surface area contributed by atoms with Crippen LogP contribution in [0.25, 0.3) is 0 Å². The second-order valence-electron chi connectivity index (χ2n) is 0.880. The Morgan fingerprint density at radius 3 is 2.14 bits per heavy atom. The Morgan fingerprint density at radius 2 is 2.14 bits per heavy atom. The first-order valence-corrected chi connectivity index (χ1v) is 2.61.